The molecule has 0 N–H and O–H groups in total. The van der Waals surface area contributed by atoms with Gasteiger partial charge in [0.25, 0.3) is 0 Å². The van der Waals surface area contributed by atoms with E-state index >= 15 is 0 Å². The van der Waals surface area contributed by atoms with Crippen LogP contribution in [-0.2, 0) is 4.74 Å². The Kier molecular flexibility index (Phi) is 3.67. The van der Waals surface area contributed by atoms with Crippen molar-refractivity contribution < 1.29 is 13.9 Å². The molecule has 0 atom stereocenters. The summed E-state index contributed by atoms with van der Waals surface area (Å²) >= 11 is 2.76. The summed E-state index contributed by atoms with van der Waals surface area (Å²) in [7, 11) is 0. The van der Waals surface area contributed by atoms with Crippen molar-refractivity contribution in [1.29, 1.82) is 0 Å². The molecule has 0 saturated carbocycles. The molecule has 1 rings (SSSR count). The van der Waals surface area contributed by atoms with Gasteiger partial charge in [-0.3, -0.25) is 0 Å². The van der Waals surface area contributed by atoms with E-state index in [1.807, 2.05) is 6.92 Å². The van der Waals surface area contributed by atoms with Crippen molar-refractivity contribution in [3.8, 4) is 0 Å². The molecule has 0 fully saturated rings. The summed E-state index contributed by atoms with van der Waals surface area (Å²) < 4.78 is 10.9. The van der Waals surface area contributed by atoms with E-state index < -0.39 is 0 Å². The predicted molar refractivity (Wildman–Crippen MR) is 53.1 cm³/mol. The van der Waals surface area contributed by atoms with Crippen molar-refractivity contribution in [3.05, 3.63) is 27.2 Å². The standard InChI is InChI=1S/C10H12O3Se/c1-4-12-10(11)9-6(2)5-8(14)13-7(9)3/h5H,4H2,1-3H3. The van der Waals surface area contributed by atoms with Gasteiger partial charge < -0.3 is 0 Å². The van der Waals surface area contributed by atoms with Crippen molar-refractivity contribution >= 4 is 21.5 Å². The van der Waals surface area contributed by atoms with Gasteiger partial charge in [-0.05, 0) is 0 Å². The fraction of sp³-hybridized carbons (Fsp3) is 0.400. The summed E-state index contributed by atoms with van der Waals surface area (Å²) in [5.41, 5.74) is 1.38. The number of esters is 1. The zero-order chi connectivity index (χ0) is 10.7. The summed E-state index contributed by atoms with van der Waals surface area (Å²) in [5.74, 6) is 0.253. The van der Waals surface area contributed by atoms with E-state index in [1.54, 1.807) is 19.9 Å². The maximum atomic E-state index is 11.5. The number of aryl methyl sites for hydroxylation is 2. The van der Waals surface area contributed by atoms with Gasteiger partial charge in [-0.25, -0.2) is 0 Å². The molecule has 0 bridgehead atoms. The first-order valence-corrected chi connectivity index (χ1v) is 5.20. The van der Waals surface area contributed by atoms with Crippen LogP contribution in [0.1, 0.15) is 28.6 Å². The van der Waals surface area contributed by atoms with Gasteiger partial charge in [-0.15, -0.1) is 0 Å². The van der Waals surface area contributed by atoms with E-state index in [0.29, 0.717) is 22.2 Å². The van der Waals surface area contributed by atoms with Crippen LogP contribution in [0.25, 0.3) is 0 Å². The molecule has 4 heteroatoms. The molecule has 14 heavy (non-hydrogen) atoms. The van der Waals surface area contributed by atoms with Crippen LogP contribution in [0.2, 0.25) is 0 Å². The van der Waals surface area contributed by atoms with Crippen molar-refractivity contribution in [2.24, 2.45) is 0 Å². The van der Waals surface area contributed by atoms with Gasteiger partial charge in [0.1, 0.15) is 0 Å². The number of carbonyl (C=O) groups excluding carboxylic acids is 1. The minimum atomic E-state index is -0.328. The first kappa shape index (κ1) is 11.2. The van der Waals surface area contributed by atoms with Crippen molar-refractivity contribution in [1.82, 2.24) is 0 Å². The Morgan fingerprint density at radius 1 is 1.57 bits per heavy atom. The number of carbonyl (C=O) groups is 1. The van der Waals surface area contributed by atoms with Crippen LogP contribution >= 0.6 is 0 Å². The third kappa shape index (κ3) is 2.34. The fourth-order valence-corrected chi connectivity index (χ4v) is 1.90. The van der Waals surface area contributed by atoms with Crippen LogP contribution in [0.3, 0.4) is 0 Å². The van der Waals surface area contributed by atoms with Crippen molar-refractivity contribution in [3.63, 3.8) is 0 Å². The molecule has 0 aliphatic carbocycles. The predicted octanol–water partition coefficient (Wildman–Crippen LogP) is 1.77. The molecular formula is C10H12O3Se. The van der Waals surface area contributed by atoms with Gasteiger partial charge >= 0.3 is 90.1 Å². The van der Waals surface area contributed by atoms with Crippen LogP contribution < -0.4 is 0 Å². The van der Waals surface area contributed by atoms with Crippen molar-refractivity contribution in [2.75, 3.05) is 6.61 Å². The Balaban J connectivity index is 3.21. The SMILES string of the molecule is CCOC(=O)c1c(C)cc(=[Se])oc1C. The molecule has 0 aliphatic rings. The molecule has 0 aliphatic heterocycles. The molecule has 0 spiro atoms. The van der Waals surface area contributed by atoms with Gasteiger partial charge in [-0.2, -0.15) is 0 Å². The Bertz CT molecular complexity index is 380. The summed E-state index contributed by atoms with van der Waals surface area (Å²) in [6.45, 7) is 5.76. The first-order valence-electron chi connectivity index (χ1n) is 4.34. The van der Waals surface area contributed by atoms with E-state index in [4.69, 9.17) is 9.15 Å². The van der Waals surface area contributed by atoms with E-state index in [2.05, 4.69) is 15.6 Å². The van der Waals surface area contributed by atoms with Crippen LogP contribution in [0, 0.1) is 18.1 Å². The van der Waals surface area contributed by atoms with Gasteiger partial charge in [0.2, 0.25) is 0 Å². The van der Waals surface area contributed by atoms with Gasteiger partial charge in [0, 0.05) is 0 Å². The zero-order valence-electron chi connectivity index (χ0n) is 8.42. The second kappa shape index (κ2) is 4.58. The van der Waals surface area contributed by atoms with E-state index in [1.165, 1.54) is 0 Å². The van der Waals surface area contributed by atoms with Crippen LogP contribution in [0.4, 0.5) is 0 Å². The number of hydrogen-bond acceptors (Lipinski definition) is 3. The molecule has 0 radical (unpaired) electrons. The molecule has 0 amide bonds. The Hall–Kier alpha value is -0.861. The van der Waals surface area contributed by atoms with Gasteiger partial charge in [0.05, 0.1) is 0 Å². The fourth-order valence-electron chi connectivity index (χ4n) is 1.27. The molecule has 1 aromatic heterocycles. The average molecular weight is 259 g/mol. The van der Waals surface area contributed by atoms with Gasteiger partial charge in [0.15, 0.2) is 0 Å². The number of ether oxygens (including phenoxy) is 1. The summed E-state index contributed by atoms with van der Waals surface area (Å²) in [6, 6.07) is 1.78. The molecule has 0 aromatic carbocycles. The normalized spacial score (nSPS) is 9.93. The Morgan fingerprint density at radius 3 is 2.71 bits per heavy atom. The second-order valence-electron chi connectivity index (χ2n) is 2.90. The summed E-state index contributed by atoms with van der Waals surface area (Å²) in [5, 5.41) is 0. The quantitative estimate of drug-likeness (QED) is 0.600. The minimum absolute atomic E-state index is 0.328. The molecule has 3 nitrogen and oxygen atoms in total. The van der Waals surface area contributed by atoms with Crippen LogP contribution in [0.15, 0.2) is 10.5 Å². The molecule has 76 valence electrons. The Morgan fingerprint density at radius 2 is 2.21 bits per heavy atom. The number of hydrogen-bond donors (Lipinski definition) is 0. The molecular weight excluding hydrogens is 247 g/mol. The summed E-state index contributed by atoms with van der Waals surface area (Å²) in [6.07, 6.45) is 0. The van der Waals surface area contributed by atoms with Crippen molar-refractivity contribution in [2.45, 2.75) is 20.8 Å². The Labute approximate surface area is 90.4 Å². The first-order chi connectivity index (χ1) is 6.56. The topological polar surface area (TPSA) is 39.4 Å². The third-order valence-corrected chi connectivity index (χ3v) is 2.24. The maximum absolute atomic E-state index is 11.5. The van der Waals surface area contributed by atoms with Crippen LogP contribution in [-0.4, -0.2) is 28.2 Å². The zero-order valence-corrected chi connectivity index (χ0v) is 10.1. The monoisotopic (exact) mass is 260 g/mol. The molecule has 1 heterocycles. The molecule has 1 aromatic rings. The third-order valence-electron chi connectivity index (χ3n) is 1.81. The van der Waals surface area contributed by atoms with Crippen LogP contribution in [0.5, 0.6) is 0 Å². The van der Waals surface area contributed by atoms with E-state index in [9.17, 15) is 4.79 Å². The molecule has 0 saturated heterocycles. The average Bonchev–Trinajstić information content (AvgIpc) is 2.01. The number of rotatable bonds is 2. The van der Waals surface area contributed by atoms with Gasteiger partial charge in [-0.1, -0.05) is 0 Å². The summed E-state index contributed by atoms with van der Waals surface area (Å²) in [4.78, 5) is 11.5. The van der Waals surface area contributed by atoms with E-state index in [0.717, 1.165) is 5.56 Å². The molecule has 0 unspecified atom stereocenters. The second-order valence-corrected chi connectivity index (χ2v) is 3.74. The van der Waals surface area contributed by atoms with E-state index in [-0.39, 0.29) is 5.97 Å².